The number of alkyl halides is 6. The Morgan fingerprint density at radius 2 is 1.53 bits per heavy atom. The van der Waals surface area contributed by atoms with Gasteiger partial charge in [0.1, 0.15) is 0 Å². The number of hydrogen-bond donors (Lipinski definition) is 2. The number of carboxylic acid groups (broad SMARTS) is 2. The molecular weight excluding hydrogens is 524 g/mol. The predicted octanol–water partition coefficient (Wildman–Crippen LogP) is 3.13. The summed E-state index contributed by atoms with van der Waals surface area (Å²) in [5.41, 5.74) is 1.01. The molecule has 0 aliphatic carbocycles. The van der Waals surface area contributed by atoms with Gasteiger partial charge in [-0.1, -0.05) is 12.5 Å². The van der Waals surface area contributed by atoms with Gasteiger partial charge in [-0.15, -0.1) is 0 Å². The summed E-state index contributed by atoms with van der Waals surface area (Å²) in [5, 5.41) is 14.2. The second kappa shape index (κ2) is 12.7. The van der Waals surface area contributed by atoms with Crippen LogP contribution in [0.1, 0.15) is 37.7 Å². The van der Waals surface area contributed by atoms with Crippen LogP contribution >= 0.6 is 0 Å². The Morgan fingerprint density at radius 3 is 1.97 bits per heavy atom. The monoisotopic (exact) mass is 551 g/mol. The minimum absolute atomic E-state index is 0.188. The van der Waals surface area contributed by atoms with E-state index in [1.54, 1.807) is 10.5 Å². The summed E-state index contributed by atoms with van der Waals surface area (Å²) in [6, 6.07) is 4.04. The van der Waals surface area contributed by atoms with E-state index in [0.717, 1.165) is 51.7 Å². The highest BCUT2D eigenvalue weighted by atomic mass is 32.2. The van der Waals surface area contributed by atoms with Crippen LogP contribution in [-0.2, 0) is 26.2 Å². The highest BCUT2D eigenvalue weighted by Crippen LogP contribution is 2.38. The molecule has 0 aromatic carbocycles. The van der Waals surface area contributed by atoms with E-state index >= 15 is 0 Å². The lowest BCUT2D eigenvalue weighted by atomic mass is 9.81. The fraction of sp³-hybridized carbons (Fsp3) is 0.650. The standard InChI is InChI=1S/C16H25N3O2S.2C2HF3O2/c1-22(20,21)19-11-3-2-7-16(19)8-5-10-18(14-16)13-15-6-4-9-17-12-15;2*3-2(4,5)1(6)7/h4,6,9,12H,2-3,5,7-8,10-11,13-14H2,1H3;2*(H,6,7). The quantitative estimate of drug-likeness (QED) is 0.549. The Hall–Kier alpha value is -2.46. The van der Waals surface area contributed by atoms with E-state index in [4.69, 9.17) is 19.8 Å². The molecular formula is C20H27F6N3O6S. The number of carboxylic acids is 2. The van der Waals surface area contributed by atoms with Gasteiger partial charge in [0.25, 0.3) is 0 Å². The minimum atomic E-state index is -5.08. The zero-order chi connectivity index (χ0) is 27.8. The smallest absolute Gasteiger partial charge is 0.475 e. The Labute approximate surface area is 203 Å². The third-order valence-corrected chi connectivity index (χ3v) is 6.80. The van der Waals surface area contributed by atoms with Crippen molar-refractivity contribution in [2.75, 3.05) is 25.9 Å². The lowest BCUT2D eigenvalue weighted by molar-refractivity contribution is -0.193. The molecule has 16 heteroatoms. The van der Waals surface area contributed by atoms with E-state index < -0.39 is 34.3 Å². The average Bonchev–Trinajstić information content (AvgIpc) is 2.73. The van der Waals surface area contributed by atoms with Gasteiger partial charge in [-0.05, 0) is 43.9 Å². The summed E-state index contributed by atoms with van der Waals surface area (Å²) in [6.45, 7) is 3.41. The van der Waals surface area contributed by atoms with E-state index in [1.807, 2.05) is 12.3 Å². The van der Waals surface area contributed by atoms with Crippen molar-refractivity contribution in [3.63, 3.8) is 0 Å². The molecule has 206 valence electrons. The fourth-order valence-corrected chi connectivity index (χ4v) is 5.49. The predicted molar refractivity (Wildman–Crippen MR) is 114 cm³/mol. The molecule has 0 saturated carbocycles. The van der Waals surface area contributed by atoms with Crippen LogP contribution in [0, 0.1) is 0 Å². The van der Waals surface area contributed by atoms with E-state index in [1.165, 1.54) is 11.8 Å². The lowest BCUT2D eigenvalue weighted by Crippen LogP contribution is -2.61. The first kappa shape index (κ1) is 31.6. The van der Waals surface area contributed by atoms with Crippen molar-refractivity contribution >= 4 is 22.0 Å². The number of carbonyl (C=O) groups is 2. The zero-order valence-electron chi connectivity index (χ0n) is 19.2. The fourth-order valence-electron chi connectivity index (χ4n) is 4.09. The van der Waals surface area contributed by atoms with Gasteiger partial charge in [0.15, 0.2) is 0 Å². The number of rotatable bonds is 3. The van der Waals surface area contributed by atoms with Crippen molar-refractivity contribution in [3.8, 4) is 0 Å². The molecule has 1 spiro atoms. The zero-order valence-corrected chi connectivity index (χ0v) is 20.0. The molecule has 3 heterocycles. The number of aromatic nitrogens is 1. The largest absolute Gasteiger partial charge is 0.490 e. The molecule has 36 heavy (non-hydrogen) atoms. The summed E-state index contributed by atoms with van der Waals surface area (Å²) in [5.74, 6) is -5.51. The van der Waals surface area contributed by atoms with Crippen LogP contribution in [0.3, 0.4) is 0 Å². The van der Waals surface area contributed by atoms with Crippen LogP contribution < -0.4 is 0 Å². The van der Waals surface area contributed by atoms with Gasteiger partial charge < -0.3 is 10.2 Å². The molecule has 1 unspecified atom stereocenters. The molecule has 3 rings (SSSR count). The second-order valence-corrected chi connectivity index (χ2v) is 10.2. The van der Waals surface area contributed by atoms with Gasteiger partial charge in [0.05, 0.1) is 6.26 Å². The van der Waals surface area contributed by atoms with Crippen molar-refractivity contribution < 1.29 is 54.6 Å². The van der Waals surface area contributed by atoms with Crippen LogP contribution in [0.2, 0.25) is 0 Å². The van der Waals surface area contributed by atoms with Crippen molar-refractivity contribution in [1.29, 1.82) is 0 Å². The summed E-state index contributed by atoms with van der Waals surface area (Å²) in [6.07, 6.45) is 0.0357. The molecule has 2 saturated heterocycles. The molecule has 1 atom stereocenters. The highest BCUT2D eigenvalue weighted by Gasteiger charge is 2.46. The highest BCUT2D eigenvalue weighted by molar-refractivity contribution is 7.88. The number of likely N-dealkylation sites (tertiary alicyclic amines) is 1. The van der Waals surface area contributed by atoms with E-state index in [2.05, 4.69) is 16.0 Å². The average molecular weight is 552 g/mol. The van der Waals surface area contributed by atoms with Crippen molar-refractivity contribution in [1.82, 2.24) is 14.2 Å². The van der Waals surface area contributed by atoms with Crippen molar-refractivity contribution in [2.45, 2.75) is 56.5 Å². The maximum atomic E-state index is 12.2. The first-order valence-electron chi connectivity index (χ1n) is 10.6. The third-order valence-electron chi connectivity index (χ3n) is 5.43. The maximum Gasteiger partial charge on any atom is 0.490 e. The lowest BCUT2D eigenvalue weighted by Gasteiger charge is -2.51. The second-order valence-electron chi connectivity index (χ2n) is 8.30. The summed E-state index contributed by atoms with van der Waals surface area (Å²) in [4.78, 5) is 24.4. The molecule has 1 aromatic rings. The first-order chi connectivity index (χ1) is 16.4. The SMILES string of the molecule is CS(=O)(=O)N1CCCCC12CCCN(Cc1cccnc1)C2.O=C(O)C(F)(F)F.O=C(O)C(F)(F)F. The van der Waals surface area contributed by atoms with Gasteiger partial charge in [0.2, 0.25) is 10.0 Å². The number of aliphatic carboxylic acids is 2. The number of pyridine rings is 1. The van der Waals surface area contributed by atoms with Crippen LogP contribution in [0.25, 0.3) is 0 Å². The van der Waals surface area contributed by atoms with E-state index in [-0.39, 0.29) is 5.54 Å². The molecule has 9 nitrogen and oxygen atoms in total. The van der Waals surface area contributed by atoms with Gasteiger partial charge in [-0.3, -0.25) is 9.88 Å². The van der Waals surface area contributed by atoms with E-state index in [9.17, 15) is 34.8 Å². The molecule has 2 aliphatic heterocycles. The van der Waals surface area contributed by atoms with Crippen molar-refractivity contribution in [3.05, 3.63) is 30.1 Å². The summed E-state index contributed by atoms with van der Waals surface area (Å²) in [7, 11) is -3.14. The first-order valence-corrected chi connectivity index (χ1v) is 12.4. The molecule has 0 bridgehead atoms. The molecule has 2 N–H and O–H groups in total. The minimum Gasteiger partial charge on any atom is -0.475 e. The van der Waals surface area contributed by atoms with Gasteiger partial charge in [-0.2, -0.15) is 30.6 Å². The molecule has 2 aliphatic rings. The molecule has 2 fully saturated rings. The summed E-state index contributed by atoms with van der Waals surface area (Å²) >= 11 is 0. The molecule has 1 aromatic heterocycles. The Kier molecular flexibility index (Phi) is 11.1. The summed E-state index contributed by atoms with van der Waals surface area (Å²) < 4.78 is 89.7. The van der Waals surface area contributed by atoms with Gasteiger partial charge in [0, 0.05) is 37.6 Å². The van der Waals surface area contributed by atoms with Crippen LogP contribution in [0.4, 0.5) is 26.3 Å². The number of nitrogens with zero attached hydrogens (tertiary/aromatic N) is 3. The van der Waals surface area contributed by atoms with E-state index in [0.29, 0.717) is 6.54 Å². The van der Waals surface area contributed by atoms with Crippen LogP contribution in [0.5, 0.6) is 0 Å². The molecule has 0 amide bonds. The number of sulfonamides is 1. The topological polar surface area (TPSA) is 128 Å². The maximum absolute atomic E-state index is 12.2. The van der Waals surface area contributed by atoms with Crippen LogP contribution in [0.15, 0.2) is 24.5 Å². The van der Waals surface area contributed by atoms with Crippen molar-refractivity contribution in [2.24, 2.45) is 0 Å². The van der Waals surface area contributed by atoms with Gasteiger partial charge >= 0.3 is 24.3 Å². The Bertz CT molecular complexity index is 946. The Balaban J connectivity index is 0.000000383. The Morgan fingerprint density at radius 1 is 1.00 bits per heavy atom. The normalized spacial score (nSPS) is 21.5. The third kappa shape index (κ3) is 10.3. The number of halogens is 6. The number of hydrogen-bond acceptors (Lipinski definition) is 6. The number of piperidine rings is 2. The van der Waals surface area contributed by atoms with Gasteiger partial charge in [-0.25, -0.2) is 18.0 Å². The molecule has 0 radical (unpaired) electrons. The van der Waals surface area contributed by atoms with Crippen LogP contribution in [-0.4, -0.2) is 88.5 Å².